The number of aliphatic carboxylic acids is 1. The second-order valence-corrected chi connectivity index (χ2v) is 13.5. The highest BCUT2D eigenvalue weighted by Gasteiger charge is 2.58. The Morgan fingerprint density at radius 3 is 1.95 bits per heavy atom. The van der Waals surface area contributed by atoms with Gasteiger partial charge in [0.1, 0.15) is 4.33 Å². The van der Waals surface area contributed by atoms with E-state index in [1.54, 1.807) is 0 Å². The van der Waals surface area contributed by atoms with Crippen molar-refractivity contribution >= 4 is 35.1 Å². The van der Waals surface area contributed by atoms with Crippen LogP contribution in [0, 0.1) is 23.2 Å². The summed E-state index contributed by atoms with van der Waals surface area (Å²) in [5, 5.41) is 9.60. The van der Waals surface area contributed by atoms with E-state index in [0.717, 1.165) is 30.4 Å². The number of amides is 1. The fourth-order valence-corrected chi connectivity index (χ4v) is 9.22. The zero-order valence-electron chi connectivity index (χ0n) is 22.3. The Morgan fingerprint density at radius 1 is 0.789 bits per heavy atom. The maximum atomic E-state index is 11.7. The molecule has 0 radical (unpaired) electrons. The molecule has 5 aliphatic rings. The van der Waals surface area contributed by atoms with Gasteiger partial charge in [-0.05, 0) is 91.6 Å². The number of carbonyl (C=O) groups excluding carboxylic acids is 1. The topological polar surface area (TPSA) is 80.4 Å². The molecule has 38 heavy (non-hydrogen) atoms. The van der Waals surface area contributed by atoms with Crippen LogP contribution in [0.15, 0.2) is 47.6 Å². The van der Waals surface area contributed by atoms with E-state index >= 15 is 0 Å². The van der Waals surface area contributed by atoms with E-state index in [0.29, 0.717) is 18.3 Å². The number of benzene rings is 1. The van der Waals surface area contributed by atoms with E-state index in [2.05, 4.69) is 12.1 Å². The van der Waals surface area contributed by atoms with Gasteiger partial charge in [-0.15, -0.1) is 0 Å². The molecule has 2 unspecified atom stereocenters. The van der Waals surface area contributed by atoms with Crippen molar-refractivity contribution in [2.75, 3.05) is 0 Å². The van der Waals surface area contributed by atoms with Crippen LogP contribution in [0.4, 0.5) is 0 Å². The SMILES string of the molecule is NC(=O)C1CCc2ccccc21.O=C(O)C1CCC2=CC(C3CCCCC3)(C3CCCCC3)C(Cl)(Cl)C=C21. The molecule has 0 spiro atoms. The van der Waals surface area contributed by atoms with Crippen molar-refractivity contribution in [3.8, 4) is 0 Å². The van der Waals surface area contributed by atoms with Gasteiger partial charge in [-0.25, -0.2) is 0 Å². The minimum atomic E-state index is -0.992. The molecular formula is C32H41Cl2NO3. The smallest absolute Gasteiger partial charge is 0.310 e. The summed E-state index contributed by atoms with van der Waals surface area (Å²) in [6, 6.07) is 8.03. The van der Waals surface area contributed by atoms with E-state index in [-0.39, 0.29) is 17.2 Å². The van der Waals surface area contributed by atoms with Gasteiger partial charge in [0.15, 0.2) is 0 Å². The Balaban J connectivity index is 0.000000204. The van der Waals surface area contributed by atoms with Gasteiger partial charge in [0.25, 0.3) is 0 Å². The summed E-state index contributed by atoms with van der Waals surface area (Å²) in [4.78, 5) is 22.7. The number of alkyl halides is 2. The van der Waals surface area contributed by atoms with Gasteiger partial charge in [0.05, 0.1) is 11.8 Å². The number of carboxylic acid groups (broad SMARTS) is 1. The first-order valence-electron chi connectivity index (χ1n) is 14.7. The van der Waals surface area contributed by atoms with E-state index < -0.39 is 16.2 Å². The molecule has 6 heteroatoms. The molecule has 1 aromatic rings. The number of allylic oxidation sites excluding steroid dienone is 3. The lowest BCUT2D eigenvalue weighted by molar-refractivity contribution is -0.140. The van der Waals surface area contributed by atoms with Crippen LogP contribution >= 0.6 is 23.2 Å². The first kappa shape index (κ1) is 27.8. The first-order chi connectivity index (χ1) is 18.2. The standard InChI is InChI=1S/C22H30Cl2O2.C10H11NO/c23-22(24)14-19-15(11-12-18(19)20(25)26)13-21(22,16-7-3-1-4-8-16)17-9-5-2-6-10-17;11-10(12)9-6-5-7-3-1-2-4-8(7)9/h13-14,16-18H,1-12H2,(H,25,26);1-4,9H,5-6H2,(H2,11,12). The molecule has 3 N–H and O–H groups in total. The molecular weight excluding hydrogens is 517 g/mol. The first-order valence-corrected chi connectivity index (χ1v) is 15.4. The number of hydrogen-bond acceptors (Lipinski definition) is 2. The normalized spacial score (nSPS) is 28.3. The molecule has 3 fully saturated rings. The molecule has 5 aliphatic carbocycles. The monoisotopic (exact) mass is 557 g/mol. The van der Waals surface area contributed by atoms with Gasteiger partial charge >= 0.3 is 5.97 Å². The zero-order valence-corrected chi connectivity index (χ0v) is 23.8. The van der Waals surface area contributed by atoms with Crippen molar-refractivity contribution in [1.82, 2.24) is 0 Å². The molecule has 0 saturated heterocycles. The van der Waals surface area contributed by atoms with Crippen molar-refractivity contribution < 1.29 is 14.7 Å². The van der Waals surface area contributed by atoms with Gasteiger partial charge in [-0.2, -0.15) is 0 Å². The quantitative estimate of drug-likeness (QED) is 0.369. The highest BCUT2D eigenvalue weighted by molar-refractivity contribution is 6.50. The Bertz CT molecular complexity index is 1090. The number of fused-ring (bicyclic) bond motifs is 2. The highest BCUT2D eigenvalue weighted by atomic mass is 35.5. The summed E-state index contributed by atoms with van der Waals surface area (Å²) in [7, 11) is 0. The number of aryl methyl sites for hydroxylation is 1. The van der Waals surface area contributed by atoms with Crippen LogP contribution in [0.3, 0.4) is 0 Å². The van der Waals surface area contributed by atoms with Crippen LogP contribution in [-0.2, 0) is 16.0 Å². The number of hydrogen-bond donors (Lipinski definition) is 2. The van der Waals surface area contributed by atoms with Gasteiger partial charge in [0, 0.05) is 5.41 Å². The Labute approximate surface area is 237 Å². The van der Waals surface area contributed by atoms with Crippen LogP contribution in [0.1, 0.15) is 101 Å². The predicted octanol–water partition coefficient (Wildman–Crippen LogP) is 7.87. The second kappa shape index (κ2) is 11.4. The van der Waals surface area contributed by atoms with Crippen molar-refractivity contribution in [3.05, 3.63) is 58.7 Å². The largest absolute Gasteiger partial charge is 0.481 e. The third kappa shape index (κ3) is 5.08. The van der Waals surface area contributed by atoms with Gasteiger partial charge in [-0.3, -0.25) is 9.59 Å². The molecule has 206 valence electrons. The van der Waals surface area contributed by atoms with E-state index in [9.17, 15) is 14.7 Å². The number of carboxylic acids is 1. The Hall–Kier alpha value is -1.78. The third-order valence-electron chi connectivity index (χ3n) is 10.1. The van der Waals surface area contributed by atoms with Gasteiger partial charge < -0.3 is 10.8 Å². The summed E-state index contributed by atoms with van der Waals surface area (Å²) in [6.45, 7) is 0. The molecule has 6 rings (SSSR count). The summed E-state index contributed by atoms with van der Waals surface area (Å²) in [5.74, 6) is -0.381. The lowest BCUT2D eigenvalue weighted by Gasteiger charge is -2.54. The van der Waals surface area contributed by atoms with Crippen molar-refractivity contribution in [2.45, 2.75) is 100 Å². The Kier molecular flexibility index (Phi) is 8.31. The second-order valence-electron chi connectivity index (χ2n) is 12.1. The number of nitrogens with two attached hydrogens (primary N) is 1. The van der Waals surface area contributed by atoms with Crippen LogP contribution in [-0.4, -0.2) is 21.3 Å². The third-order valence-corrected chi connectivity index (χ3v) is 11.0. The molecule has 0 aliphatic heterocycles. The van der Waals surface area contributed by atoms with Crippen LogP contribution in [0.25, 0.3) is 0 Å². The number of primary amides is 1. The zero-order chi connectivity index (χ0) is 26.9. The highest BCUT2D eigenvalue weighted by Crippen LogP contribution is 2.64. The summed E-state index contributed by atoms with van der Waals surface area (Å²) < 4.78 is -0.992. The average Bonchev–Trinajstić information content (AvgIpc) is 3.53. The maximum Gasteiger partial charge on any atom is 0.310 e. The summed E-state index contributed by atoms with van der Waals surface area (Å²) in [5.41, 5.74) is 9.58. The van der Waals surface area contributed by atoms with E-state index in [4.69, 9.17) is 28.9 Å². The number of rotatable bonds is 4. The minimum absolute atomic E-state index is 0.0406. The minimum Gasteiger partial charge on any atom is -0.481 e. The van der Waals surface area contributed by atoms with E-state index in [1.807, 2.05) is 24.3 Å². The lowest BCUT2D eigenvalue weighted by Crippen LogP contribution is -2.51. The van der Waals surface area contributed by atoms with Crippen molar-refractivity contribution in [3.63, 3.8) is 0 Å². The van der Waals surface area contributed by atoms with Crippen LogP contribution in [0.5, 0.6) is 0 Å². The van der Waals surface area contributed by atoms with Crippen molar-refractivity contribution in [2.24, 2.45) is 28.9 Å². The average molecular weight is 559 g/mol. The van der Waals surface area contributed by atoms with Gasteiger partial charge in [0.2, 0.25) is 5.91 Å². The molecule has 0 bridgehead atoms. The fourth-order valence-electron chi connectivity index (χ4n) is 8.26. The molecule has 1 aromatic carbocycles. The fraction of sp³-hybridized carbons (Fsp3) is 0.625. The molecule has 4 nitrogen and oxygen atoms in total. The van der Waals surface area contributed by atoms with Crippen molar-refractivity contribution in [1.29, 1.82) is 0 Å². The maximum absolute atomic E-state index is 11.7. The molecule has 2 atom stereocenters. The van der Waals surface area contributed by atoms with Crippen LogP contribution in [0.2, 0.25) is 0 Å². The Morgan fingerprint density at radius 2 is 1.37 bits per heavy atom. The molecule has 0 heterocycles. The van der Waals surface area contributed by atoms with Crippen LogP contribution < -0.4 is 5.73 Å². The number of carbonyl (C=O) groups is 2. The summed E-state index contributed by atoms with van der Waals surface area (Å²) in [6.07, 6.45) is 20.3. The molecule has 3 saturated carbocycles. The van der Waals surface area contributed by atoms with E-state index in [1.165, 1.54) is 75.3 Å². The number of halogens is 2. The predicted molar refractivity (Wildman–Crippen MR) is 153 cm³/mol. The summed E-state index contributed by atoms with van der Waals surface area (Å²) >= 11 is 14.3. The van der Waals surface area contributed by atoms with Gasteiger partial charge in [-0.1, -0.05) is 92.1 Å². The lowest BCUT2D eigenvalue weighted by atomic mass is 9.55. The molecule has 1 amide bonds. The molecule has 0 aromatic heterocycles.